The summed E-state index contributed by atoms with van der Waals surface area (Å²) in [4.78, 5) is 22.5. The van der Waals surface area contributed by atoms with E-state index in [2.05, 4.69) is 0 Å². The molecular weight excluding hydrogens is 242 g/mol. The molecule has 0 saturated carbocycles. The predicted molar refractivity (Wildman–Crippen MR) is 60.3 cm³/mol. The molecule has 5 N–H and O–H groups in total. The van der Waals surface area contributed by atoms with Crippen molar-refractivity contribution in [2.24, 2.45) is 0 Å². The van der Waals surface area contributed by atoms with Gasteiger partial charge in [0.05, 0.1) is 11.7 Å². The van der Waals surface area contributed by atoms with Crippen LogP contribution in [0, 0.1) is 0 Å². The predicted octanol–water partition coefficient (Wildman–Crippen LogP) is -0.338. The van der Waals surface area contributed by atoms with E-state index in [1.165, 1.54) is 25.1 Å². The van der Waals surface area contributed by atoms with E-state index in [1.807, 2.05) is 5.32 Å². The number of phenolic OH excluding ortho intramolecular Hbond substituents is 2. The van der Waals surface area contributed by atoms with E-state index in [0.717, 1.165) is 0 Å². The smallest absolute Gasteiger partial charge is 0.328 e. The van der Waals surface area contributed by atoms with Crippen molar-refractivity contribution in [3.63, 3.8) is 0 Å². The van der Waals surface area contributed by atoms with Crippen LogP contribution in [0.1, 0.15) is 17.3 Å². The van der Waals surface area contributed by atoms with E-state index in [0.29, 0.717) is 0 Å². The second kappa shape index (κ2) is 5.37. The minimum Gasteiger partial charge on any atom is -0.504 e. The third-order valence-electron chi connectivity index (χ3n) is 2.29. The number of benzene rings is 1. The normalized spacial score (nSPS) is 13.7. The van der Waals surface area contributed by atoms with E-state index in [4.69, 9.17) is 5.11 Å². The highest BCUT2D eigenvalue weighted by Gasteiger charge is 2.26. The first-order chi connectivity index (χ1) is 8.34. The molecule has 1 aromatic rings. The zero-order valence-electron chi connectivity index (χ0n) is 9.49. The lowest BCUT2D eigenvalue weighted by Crippen LogP contribution is -2.47. The van der Waals surface area contributed by atoms with Gasteiger partial charge in [0.2, 0.25) is 0 Å². The van der Waals surface area contributed by atoms with Crippen LogP contribution < -0.4 is 5.32 Å². The number of amides is 1. The number of rotatable bonds is 4. The minimum atomic E-state index is -1.50. The maximum absolute atomic E-state index is 11.7. The first kappa shape index (κ1) is 13.8. The lowest BCUT2D eigenvalue weighted by molar-refractivity contribution is -0.141. The van der Waals surface area contributed by atoms with Crippen LogP contribution in [0.5, 0.6) is 11.5 Å². The summed E-state index contributed by atoms with van der Waals surface area (Å²) in [5, 5.41) is 38.7. The number of hydrogen-bond acceptors (Lipinski definition) is 5. The summed E-state index contributed by atoms with van der Waals surface area (Å²) in [5.41, 5.74) is -0.276. The fourth-order valence-electron chi connectivity index (χ4n) is 1.32. The Kier molecular flexibility index (Phi) is 4.11. The van der Waals surface area contributed by atoms with Gasteiger partial charge >= 0.3 is 5.97 Å². The van der Waals surface area contributed by atoms with Crippen LogP contribution in [-0.2, 0) is 4.79 Å². The highest BCUT2D eigenvalue weighted by molar-refractivity contribution is 5.99. The molecule has 1 aromatic carbocycles. The molecule has 1 amide bonds. The van der Waals surface area contributed by atoms with Crippen molar-refractivity contribution >= 4 is 11.9 Å². The number of carboxylic acid groups (broad SMARTS) is 1. The Morgan fingerprint density at radius 2 is 1.89 bits per heavy atom. The summed E-state index contributed by atoms with van der Waals surface area (Å²) in [6.07, 6.45) is -1.30. The summed E-state index contributed by atoms with van der Waals surface area (Å²) in [7, 11) is 0. The number of carbonyl (C=O) groups is 2. The highest BCUT2D eigenvalue weighted by Crippen LogP contribution is 2.28. The molecule has 0 saturated heterocycles. The number of carbonyl (C=O) groups excluding carboxylic acids is 1. The number of nitrogens with one attached hydrogen (secondary N) is 1. The molecule has 7 nitrogen and oxygen atoms in total. The van der Waals surface area contributed by atoms with Gasteiger partial charge in [-0.05, 0) is 19.1 Å². The quantitative estimate of drug-likeness (QED) is 0.468. The summed E-state index contributed by atoms with van der Waals surface area (Å²) in [6, 6.07) is 2.21. The minimum absolute atomic E-state index is 0.276. The van der Waals surface area contributed by atoms with Gasteiger partial charge in [-0.1, -0.05) is 6.07 Å². The second-order valence-corrected chi connectivity index (χ2v) is 3.70. The second-order valence-electron chi connectivity index (χ2n) is 3.70. The number of aromatic hydroxyl groups is 2. The number of aliphatic carboxylic acids is 1. The van der Waals surface area contributed by atoms with Crippen molar-refractivity contribution in [1.29, 1.82) is 0 Å². The lowest BCUT2D eigenvalue weighted by atomic mass is 10.1. The first-order valence-electron chi connectivity index (χ1n) is 5.07. The van der Waals surface area contributed by atoms with Crippen molar-refractivity contribution in [1.82, 2.24) is 5.32 Å². The van der Waals surface area contributed by atoms with E-state index < -0.39 is 35.5 Å². The van der Waals surface area contributed by atoms with Crippen molar-refractivity contribution in [2.45, 2.75) is 19.1 Å². The number of para-hydroxylation sites is 1. The van der Waals surface area contributed by atoms with Gasteiger partial charge in [0.1, 0.15) is 0 Å². The maximum atomic E-state index is 11.7. The van der Waals surface area contributed by atoms with Gasteiger partial charge in [-0.3, -0.25) is 4.79 Å². The van der Waals surface area contributed by atoms with Gasteiger partial charge in [-0.25, -0.2) is 4.79 Å². The number of aliphatic hydroxyl groups excluding tert-OH is 1. The third-order valence-corrected chi connectivity index (χ3v) is 2.29. The van der Waals surface area contributed by atoms with Gasteiger partial charge in [-0.15, -0.1) is 0 Å². The standard InChI is InChI=1S/C11H13NO6/c1-5(13)8(11(17)18)12-10(16)6-3-2-4-7(14)9(6)15/h2-5,8,13-15H,1H3,(H,12,16)(H,17,18)/t5?,8-/m0/s1. The van der Waals surface area contributed by atoms with E-state index in [9.17, 15) is 24.9 Å². The largest absolute Gasteiger partial charge is 0.504 e. The van der Waals surface area contributed by atoms with Crippen molar-refractivity contribution in [2.75, 3.05) is 0 Å². The SMILES string of the molecule is CC(O)[C@H](NC(=O)c1cccc(O)c1O)C(=O)O. The van der Waals surface area contributed by atoms with Crippen molar-refractivity contribution in [3.05, 3.63) is 23.8 Å². The zero-order chi connectivity index (χ0) is 13.9. The Bertz CT molecular complexity index is 471. The van der Waals surface area contributed by atoms with Crippen LogP contribution in [0.4, 0.5) is 0 Å². The molecule has 2 atom stereocenters. The number of phenols is 2. The Morgan fingerprint density at radius 1 is 1.28 bits per heavy atom. The third kappa shape index (κ3) is 2.89. The number of carboxylic acids is 1. The zero-order valence-corrected chi connectivity index (χ0v) is 9.49. The van der Waals surface area contributed by atoms with Gasteiger partial charge in [0.15, 0.2) is 17.5 Å². The molecule has 1 rings (SSSR count). The first-order valence-corrected chi connectivity index (χ1v) is 5.07. The van der Waals surface area contributed by atoms with Crippen LogP contribution in [0.2, 0.25) is 0 Å². The molecule has 0 aliphatic rings. The molecule has 0 fully saturated rings. The molecule has 18 heavy (non-hydrogen) atoms. The molecule has 0 bridgehead atoms. The fraction of sp³-hybridized carbons (Fsp3) is 0.273. The molecule has 0 aliphatic heterocycles. The van der Waals surface area contributed by atoms with Gasteiger partial charge in [-0.2, -0.15) is 0 Å². The Hall–Kier alpha value is -2.28. The molecule has 0 heterocycles. The summed E-state index contributed by atoms with van der Waals surface area (Å²) in [6.45, 7) is 1.21. The Labute approximate surface area is 102 Å². The van der Waals surface area contributed by atoms with Gasteiger partial charge in [0.25, 0.3) is 5.91 Å². The van der Waals surface area contributed by atoms with Gasteiger partial charge in [0, 0.05) is 0 Å². The van der Waals surface area contributed by atoms with Crippen LogP contribution in [0.15, 0.2) is 18.2 Å². The van der Waals surface area contributed by atoms with E-state index in [-0.39, 0.29) is 5.56 Å². The number of hydrogen-bond donors (Lipinski definition) is 5. The molecule has 0 aromatic heterocycles. The monoisotopic (exact) mass is 255 g/mol. The van der Waals surface area contributed by atoms with E-state index in [1.54, 1.807) is 0 Å². The molecule has 0 aliphatic carbocycles. The molecule has 0 spiro atoms. The Morgan fingerprint density at radius 3 is 2.39 bits per heavy atom. The molecule has 0 radical (unpaired) electrons. The summed E-state index contributed by atoms with van der Waals surface area (Å²) < 4.78 is 0. The number of aliphatic hydroxyl groups is 1. The molecule has 1 unspecified atom stereocenters. The average Bonchev–Trinajstić information content (AvgIpc) is 2.28. The summed E-state index contributed by atoms with van der Waals surface area (Å²) >= 11 is 0. The van der Waals surface area contributed by atoms with Crippen molar-refractivity contribution in [3.8, 4) is 11.5 Å². The maximum Gasteiger partial charge on any atom is 0.328 e. The van der Waals surface area contributed by atoms with Gasteiger partial charge < -0.3 is 25.7 Å². The van der Waals surface area contributed by atoms with Crippen LogP contribution in [0.25, 0.3) is 0 Å². The molecular formula is C11H13NO6. The summed E-state index contributed by atoms with van der Waals surface area (Å²) in [5.74, 6) is -3.45. The van der Waals surface area contributed by atoms with Crippen LogP contribution in [0.3, 0.4) is 0 Å². The van der Waals surface area contributed by atoms with Crippen molar-refractivity contribution < 1.29 is 30.0 Å². The fourth-order valence-corrected chi connectivity index (χ4v) is 1.32. The van der Waals surface area contributed by atoms with Crippen LogP contribution in [-0.4, -0.2) is 44.4 Å². The lowest BCUT2D eigenvalue weighted by Gasteiger charge is -2.17. The highest BCUT2D eigenvalue weighted by atomic mass is 16.4. The topological polar surface area (TPSA) is 127 Å². The van der Waals surface area contributed by atoms with Crippen LogP contribution >= 0.6 is 0 Å². The Balaban J connectivity index is 2.94. The average molecular weight is 255 g/mol. The van der Waals surface area contributed by atoms with E-state index >= 15 is 0 Å². The molecule has 7 heteroatoms. The molecule has 98 valence electrons.